The second-order valence-electron chi connectivity index (χ2n) is 4.14. The van der Waals surface area contributed by atoms with Crippen LogP contribution in [0.3, 0.4) is 0 Å². The lowest BCUT2D eigenvalue weighted by Gasteiger charge is -2.42. The van der Waals surface area contributed by atoms with Crippen LogP contribution in [0.15, 0.2) is 16.3 Å². The van der Waals surface area contributed by atoms with Crippen molar-refractivity contribution in [3.8, 4) is 0 Å². The zero-order valence-corrected chi connectivity index (χ0v) is 10.2. The van der Waals surface area contributed by atoms with Gasteiger partial charge < -0.3 is 5.11 Å². The Hall–Kier alpha value is -0.430. The van der Waals surface area contributed by atoms with Crippen LogP contribution in [-0.4, -0.2) is 36.5 Å². The molecule has 0 amide bonds. The molecule has 0 aromatic carbocycles. The summed E-state index contributed by atoms with van der Waals surface area (Å²) < 4.78 is 25.5. The quantitative estimate of drug-likeness (QED) is 0.841. The number of aliphatic hydroxyl groups is 1. The smallest absolute Gasteiger partial charge is 0.252 e. The Kier molecular flexibility index (Phi) is 2.42. The molecular formula is C9H13NO3S2. The van der Waals surface area contributed by atoms with Crippen LogP contribution in [0.2, 0.25) is 0 Å². The van der Waals surface area contributed by atoms with Gasteiger partial charge in [0, 0.05) is 18.0 Å². The number of hydrogen-bond acceptors (Lipinski definition) is 4. The Morgan fingerprint density at radius 2 is 2.07 bits per heavy atom. The molecule has 1 aliphatic rings. The predicted octanol–water partition coefficient (Wildman–Crippen LogP) is 0.812. The van der Waals surface area contributed by atoms with Crippen molar-refractivity contribution in [1.82, 2.24) is 4.31 Å². The molecule has 1 aliphatic heterocycles. The fourth-order valence-electron chi connectivity index (χ4n) is 1.56. The lowest BCUT2D eigenvalue weighted by molar-refractivity contribution is -0.0425. The number of nitrogens with zero attached hydrogens (tertiary/aromatic N) is 1. The lowest BCUT2D eigenvalue weighted by Crippen LogP contribution is -2.61. The number of β-amino-alcohol motifs (C(OH)–C–C–N with tert-alkyl or cyclic N) is 1. The average molecular weight is 247 g/mol. The molecule has 84 valence electrons. The van der Waals surface area contributed by atoms with Crippen molar-refractivity contribution in [2.24, 2.45) is 0 Å². The molecule has 1 aromatic rings. The molecule has 0 radical (unpaired) electrons. The molecule has 0 atom stereocenters. The van der Waals surface area contributed by atoms with Crippen LogP contribution < -0.4 is 0 Å². The summed E-state index contributed by atoms with van der Waals surface area (Å²) in [7, 11) is -3.36. The molecule has 0 bridgehead atoms. The number of thiophene rings is 1. The lowest BCUT2D eigenvalue weighted by atomic mass is 10.0. The topological polar surface area (TPSA) is 57.6 Å². The van der Waals surface area contributed by atoms with Crippen molar-refractivity contribution < 1.29 is 13.5 Å². The van der Waals surface area contributed by atoms with E-state index in [1.165, 1.54) is 15.6 Å². The third kappa shape index (κ3) is 1.94. The van der Waals surface area contributed by atoms with Crippen molar-refractivity contribution in [3.63, 3.8) is 0 Å². The number of rotatable bonds is 2. The van der Waals surface area contributed by atoms with E-state index in [1.807, 2.05) is 6.92 Å². The van der Waals surface area contributed by atoms with Crippen molar-refractivity contribution in [2.45, 2.75) is 23.7 Å². The molecule has 1 saturated heterocycles. The number of sulfonamides is 1. The minimum Gasteiger partial charge on any atom is -0.387 e. The minimum absolute atomic E-state index is 0.187. The van der Waals surface area contributed by atoms with Gasteiger partial charge in [-0.25, -0.2) is 8.42 Å². The van der Waals surface area contributed by atoms with Gasteiger partial charge in [0.2, 0.25) is 0 Å². The maximum absolute atomic E-state index is 11.9. The maximum atomic E-state index is 11.9. The summed E-state index contributed by atoms with van der Waals surface area (Å²) >= 11 is 1.26. The van der Waals surface area contributed by atoms with E-state index in [4.69, 9.17) is 0 Å². The normalized spacial score (nSPS) is 21.3. The number of hydrogen-bond donors (Lipinski definition) is 1. The summed E-state index contributed by atoms with van der Waals surface area (Å²) in [5.74, 6) is 0. The summed E-state index contributed by atoms with van der Waals surface area (Å²) in [6, 6.07) is 3.40. The predicted molar refractivity (Wildman–Crippen MR) is 58.4 cm³/mol. The highest BCUT2D eigenvalue weighted by Crippen LogP contribution is 2.30. The first-order chi connectivity index (χ1) is 6.81. The van der Waals surface area contributed by atoms with Crippen LogP contribution in [0.25, 0.3) is 0 Å². The van der Waals surface area contributed by atoms with Crippen LogP contribution in [0, 0.1) is 6.92 Å². The average Bonchev–Trinajstić information content (AvgIpc) is 2.48. The molecule has 15 heavy (non-hydrogen) atoms. The van der Waals surface area contributed by atoms with Crippen molar-refractivity contribution >= 4 is 21.4 Å². The van der Waals surface area contributed by atoms with Gasteiger partial charge in [-0.2, -0.15) is 4.31 Å². The zero-order valence-electron chi connectivity index (χ0n) is 8.60. The maximum Gasteiger partial charge on any atom is 0.252 e. The second kappa shape index (κ2) is 3.28. The van der Waals surface area contributed by atoms with Gasteiger partial charge in [0.25, 0.3) is 10.0 Å². The van der Waals surface area contributed by atoms with Gasteiger partial charge in [-0.05, 0) is 26.0 Å². The van der Waals surface area contributed by atoms with Crippen LogP contribution in [0.1, 0.15) is 11.8 Å². The molecule has 0 spiro atoms. The van der Waals surface area contributed by atoms with Crippen molar-refractivity contribution in [3.05, 3.63) is 17.0 Å². The zero-order chi connectivity index (χ0) is 11.3. The second-order valence-corrected chi connectivity index (χ2v) is 7.59. The summed E-state index contributed by atoms with van der Waals surface area (Å²) in [6.45, 7) is 3.88. The van der Waals surface area contributed by atoms with Gasteiger partial charge in [-0.15, -0.1) is 11.3 Å². The molecule has 4 nitrogen and oxygen atoms in total. The van der Waals surface area contributed by atoms with E-state index in [9.17, 15) is 13.5 Å². The Balaban J connectivity index is 2.23. The van der Waals surface area contributed by atoms with Gasteiger partial charge in [0.05, 0.1) is 5.60 Å². The molecule has 1 fully saturated rings. The monoisotopic (exact) mass is 247 g/mol. The van der Waals surface area contributed by atoms with Crippen LogP contribution in [0.4, 0.5) is 0 Å². The molecule has 6 heteroatoms. The van der Waals surface area contributed by atoms with E-state index < -0.39 is 15.6 Å². The first kappa shape index (κ1) is 11.1. The molecule has 1 N–H and O–H groups in total. The molecule has 0 unspecified atom stereocenters. The highest BCUT2D eigenvalue weighted by molar-refractivity contribution is 7.91. The highest BCUT2D eigenvalue weighted by atomic mass is 32.2. The third-order valence-corrected chi connectivity index (χ3v) is 5.60. The van der Waals surface area contributed by atoms with Gasteiger partial charge in [0.15, 0.2) is 0 Å². The standard InChI is InChI=1S/C9H13NO3S2/c1-7-3-4-8(14-7)15(12,13)10-5-9(2,11)6-10/h3-4,11H,5-6H2,1-2H3. The van der Waals surface area contributed by atoms with E-state index >= 15 is 0 Å². The van der Waals surface area contributed by atoms with E-state index in [2.05, 4.69) is 0 Å². The van der Waals surface area contributed by atoms with Gasteiger partial charge in [-0.3, -0.25) is 0 Å². The van der Waals surface area contributed by atoms with Gasteiger partial charge >= 0.3 is 0 Å². The first-order valence-electron chi connectivity index (χ1n) is 4.60. The molecule has 2 heterocycles. The van der Waals surface area contributed by atoms with Crippen molar-refractivity contribution in [1.29, 1.82) is 0 Å². The molecule has 0 saturated carbocycles. The van der Waals surface area contributed by atoms with Gasteiger partial charge in [0.1, 0.15) is 4.21 Å². The van der Waals surface area contributed by atoms with Gasteiger partial charge in [-0.1, -0.05) is 0 Å². The first-order valence-corrected chi connectivity index (χ1v) is 6.86. The number of aryl methyl sites for hydroxylation is 1. The van der Waals surface area contributed by atoms with Crippen LogP contribution in [0.5, 0.6) is 0 Å². The van der Waals surface area contributed by atoms with E-state index in [0.717, 1.165) is 4.88 Å². The van der Waals surface area contributed by atoms with Crippen LogP contribution in [-0.2, 0) is 10.0 Å². The Labute approximate surface area is 93.2 Å². The SMILES string of the molecule is Cc1ccc(S(=O)(=O)N2CC(C)(O)C2)s1. The summed E-state index contributed by atoms with van der Waals surface area (Å²) in [5, 5.41) is 9.50. The van der Waals surface area contributed by atoms with E-state index in [-0.39, 0.29) is 13.1 Å². The Morgan fingerprint density at radius 3 is 2.47 bits per heavy atom. The van der Waals surface area contributed by atoms with E-state index in [1.54, 1.807) is 19.1 Å². The van der Waals surface area contributed by atoms with E-state index in [0.29, 0.717) is 4.21 Å². The Bertz CT molecular complexity index is 467. The summed E-state index contributed by atoms with van der Waals surface area (Å²) in [5.41, 5.74) is -0.862. The summed E-state index contributed by atoms with van der Waals surface area (Å²) in [6.07, 6.45) is 0. The van der Waals surface area contributed by atoms with Crippen molar-refractivity contribution in [2.75, 3.05) is 13.1 Å². The fourth-order valence-corrected chi connectivity index (χ4v) is 4.67. The third-order valence-electron chi connectivity index (χ3n) is 2.34. The van der Waals surface area contributed by atoms with Crippen LogP contribution >= 0.6 is 11.3 Å². The molecule has 2 rings (SSSR count). The fraction of sp³-hybridized carbons (Fsp3) is 0.556. The molecule has 1 aromatic heterocycles. The molecular weight excluding hydrogens is 234 g/mol. The summed E-state index contributed by atoms with van der Waals surface area (Å²) in [4.78, 5) is 0.973. The Morgan fingerprint density at radius 1 is 1.47 bits per heavy atom. The largest absolute Gasteiger partial charge is 0.387 e. The molecule has 0 aliphatic carbocycles. The minimum atomic E-state index is -3.36. The highest BCUT2D eigenvalue weighted by Gasteiger charge is 2.44.